The average molecular weight is 327 g/mol. The van der Waals surface area contributed by atoms with Gasteiger partial charge in [0.1, 0.15) is 0 Å². The van der Waals surface area contributed by atoms with Crippen molar-refractivity contribution in [1.29, 1.82) is 0 Å². The molecule has 1 N–H and O–H groups in total. The highest BCUT2D eigenvalue weighted by molar-refractivity contribution is 5.76. The predicted molar refractivity (Wildman–Crippen MR) is 92.6 cm³/mol. The molecule has 5 heteroatoms. The topological polar surface area (TPSA) is 58.2 Å². The summed E-state index contributed by atoms with van der Waals surface area (Å²) in [6.07, 6.45) is 8.22. The molecule has 128 valence electrons. The van der Waals surface area contributed by atoms with Crippen LogP contribution in [0.5, 0.6) is 0 Å². The number of carbonyl (C=O) groups is 1. The number of morpholine rings is 1. The largest absolute Gasteiger partial charge is 0.375 e. The molecule has 1 aromatic heterocycles. The molecule has 0 saturated carbocycles. The van der Waals surface area contributed by atoms with Crippen LogP contribution in [0.3, 0.4) is 0 Å². The van der Waals surface area contributed by atoms with E-state index in [1.165, 1.54) is 5.56 Å². The number of nitrogens with one attached hydrogen (secondary N) is 1. The summed E-state index contributed by atoms with van der Waals surface area (Å²) in [5.41, 5.74) is 2.44. The smallest absolute Gasteiger partial charge is 0.223 e. The lowest BCUT2D eigenvalue weighted by atomic mass is 10.0. The van der Waals surface area contributed by atoms with Crippen LogP contribution in [0.15, 0.2) is 42.7 Å². The van der Waals surface area contributed by atoms with Crippen LogP contribution in [-0.2, 0) is 22.4 Å². The minimum Gasteiger partial charge on any atom is -0.375 e. The van der Waals surface area contributed by atoms with Crippen molar-refractivity contribution >= 4 is 5.91 Å². The average Bonchev–Trinajstić information content (AvgIpc) is 3.14. The first-order chi connectivity index (χ1) is 11.8. The van der Waals surface area contributed by atoms with Crippen molar-refractivity contribution in [3.63, 3.8) is 0 Å². The van der Waals surface area contributed by atoms with E-state index in [1.54, 1.807) is 6.20 Å². The second-order valence-electron chi connectivity index (χ2n) is 6.32. The fourth-order valence-electron chi connectivity index (χ4n) is 3.12. The molecule has 1 amide bonds. The molecular weight excluding hydrogens is 302 g/mol. The first-order valence-corrected chi connectivity index (χ1v) is 8.72. The number of aromatic nitrogens is 2. The van der Waals surface area contributed by atoms with Crippen LogP contribution in [0.2, 0.25) is 0 Å². The highest BCUT2D eigenvalue weighted by atomic mass is 16.5. The van der Waals surface area contributed by atoms with E-state index in [1.807, 2.05) is 17.2 Å². The van der Waals surface area contributed by atoms with Crippen LogP contribution >= 0.6 is 0 Å². The number of ether oxygens (including phenoxy) is 1. The molecule has 1 aliphatic rings. The number of amides is 1. The van der Waals surface area contributed by atoms with E-state index < -0.39 is 0 Å². The minimum absolute atomic E-state index is 0.167. The Balaban J connectivity index is 1.39. The van der Waals surface area contributed by atoms with Gasteiger partial charge >= 0.3 is 0 Å². The van der Waals surface area contributed by atoms with Crippen LogP contribution in [0.1, 0.15) is 30.4 Å². The predicted octanol–water partition coefficient (Wildman–Crippen LogP) is 2.59. The van der Waals surface area contributed by atoms with Crippen LogP contribution in [0.25, 0.3) is 0 Å². The van der Waals surface area contributed by atoms with Gasteiger partial charge in [-0.05, 0) is 36.8 Å². The van der Waals surface area contributed by atoms with Crippen molar-refractivity contribution in [2.45, 2.75) is 38.2 Å². The quantitative estimate of drug-likeness (QED) is 0.850. The molecule has 0 aliphatic carbocycles. The normalized spacial score (nSPS) is 17.8. The van der Waals surface area contributed by atoms with Gasteiger partial charge in [0.2, 0.25) is 5.91 Å². The SMILES string of the molecule is O=C(CCc1cn[nH]c1)N1CCOC(CCCc2ccccc2)C1. The fraction of sp³-hybridized carbons (Fsp3) is 0.474. The van der Waals surface area contributed by atoms with Crippen molar-refractivity contribution < 1.29 is 9.53 Å². The maximum absolute atomic E-state index is 12.4. The maximum atomic E-state index is 12.4. The summed E-state index contributed by atoms with van der Waals surface area (Å²) in [4.78, 5) is 14.3. The Morgan fingerprint density at radius 2 is 2.12 bits per heavy atom. The molecule has 5 nitrogen and oxygen atoms in total. The number of aryl methyl sites for hydroxylation is 2. The number of benzene rings is 1. The number of aromatic amines is 1. The summed E-state index contributed by atoms with van der Waals surface area (Å²) < 4.78 is 5.84. The van der Waals surface area contributed by atoms with Crippen molar-refractivity contribution in [2.24, 2.45) is 0 Å². The van der Waals surface area contributed by atoms with Crippen LogP contribution in [0, 0.1) is 0 Å². The molecule has 1 saturated heterocycles. The molecular formula is C19H25N3O2. The molecule has 1 aliphatic heterocycles. The Morgan fingerprint density at radius 3 is 2.92 bits per heavy atom. The molecule has 2 aromatic rings. The van der Waals surface area contributed by atoms with E-state index in [2.05, 4.69) is 34.5 Å². The summed E-state index contributed by atoms with van der Waals surface area (Å²) in [5, 5.41) is 6.70. The van der Waals surface area contributed by atoms with Crippen molar-refractivity contribution in [3.8, 4) is 0 Å². The Kier molecular flexibility index (Phi) is 6.01. The van der Waals surface area contributed by atoms with Gasteiger partial charge < -0.3 is 9.64 Å². The summed E-state index contributed by atoms with van der Waals surface area (Å²) in [6, 6.07) is 10.5. The molecule has 1 fully saturated rings. The van der Waals surface area contributed by atoms with Crippen molar-refractivity contribution in [1.82, 2.24) is 15.1 Å². The van der Waals surface area contributed by atoms with Crippen molar-refractivity contribution in [3.05, 3.63) is 53.9 Å². The second-order valence-corrected chi connectivity index (χ2v) is 6.32. The minimum atomic E-state index is 0.167. The van der Waals surface area contributed by atoms with Crippen LogP contribution in [-0.4, -0.2) is 46.8 Å². The second kappa shape index (κ2) is 8.64. The summed E-state index contributed by atoms with van der Waals surface area (Å²) in [7, 11) is 0. The molecule has 1 aromatic carbocycles. The zero-order valence-electron chi connectivity index (χ0n) is 14.0. The molecule has 0 spiro atoms. The molecule has 0 radical (unpaired) electrons. The first-order valence-electron chi connectivity index (χ1n) is 8.72. The third-order valence-electron chi connectivity index (χ3n) is 4.51. The molecule has 1 atom stereocenters. The van der Waals surface area contributed by atoms with Gasteiger partial charge in [0.05, 0.1) is 18.9 Å². The number of carbonyl (C=O) groups excluding carboxylic acids is 1. The van der Waals surface area contributed by atoms with E-state index >= 15 is 0 Å². The van der Waals surface area contributed by atoms with E-state index in [0.29, 0.717) is 19.6 Å². The Hall–Kier alpha value is -2.14. The molecule has 24 heavy (non-hydrogen) atoms. The number of hydrogen-bond donors (Lipinski definition) is 1. The van der Waals surface area contributed by atoms with Gasteiger partial charge in [-0.15, -0.1) is 0 Å². The third kappa shape index (κ3) is 4.93. The Bertz CT molecular complexity index is 613. The first kappa shape index (κ1) is 16.7. The maximum Gasteiger partial charge on any atom is 0.223 e. The van der Waals surface area contributed by atoms with E-state index in [-0.39, 0.29) is 12.0 Å². The van der Waals surface area contributed by atoms with Crippen molar-refractivity contribution in [2.75, 3.05) is 19.7 Å². The summed E-state index contributed by atoms with van der Waals surface area (Å²) >= 11 is 0. The zero-order chi connectivity index (χ0) is 16.6. The lowest BCUT2D eigenvalue weighted by Crippen LogP contribution is -2.45. The van der Waals surface area contributed by atoms with Crippen LogP contribution < -0.4 is 0 Å². The standard InChI is InChI=1S/C19H25N3O2/c23-19(10-9-17-13-20-21-14-17)22-11-12-24-18(15-22)8-4-7-16-5-2-1-3-6-16/h1-3,5-6,13-14,18H,4,7-12,15H2,(H,20,21). The zero-order valence-corrected chi connectivity index (χ0v) is 14.0. The van der Waals surface area contributed by atoms with Gasteiger partial charge in [-0.25, -0.2) is 0 Å². The number of rotatable bonds is 7. The van der Waals surface area contributed by atoms with E-state index in [4.69, 9.17) is 4.74 Å². The van der Waals surface area contributed by atoms with Gasteiger partial charge in [-0.3, -0.25) is 9.89 Å². The van der Waals surface area contributed by atoms with E-state index in [9.17, 15) is 4.79 Å². The Labute approximate surface area is 143 Å². The molecule has 1 unspecified atom stereocenters. The number of hydrogen-bond acceptors (Lipinski definition) is 3. The molecule has 0 bridgehead atoms. The lowest BCUT2D eigenvalue weighted by Gasteiger charge is -2.33. The number of nitrogens with zero attached hydrogens (tertiary/aromatic N) is 2. The molecule has 2 heterocycles. The van der Waals surface area contributed by atoms with Gasteiger partial charge in [0.25, 0.3) is 0 Å². The lowest BCUT2D eigenvalue weighted by molar-refractivity contribution is -0.139. The van der Waals surface area contributed by atoms with Gasteiger partial charge in [-0.1, -0.05) is 30.3 Å². The summed E-state index contributed by atoms with van der Waals surface area (Å²) in [5.74, 6) is 0.215. The fourth-order valence-corrected chi connectivity index (χ4v) is 3.12. The number of H-pyrrole nitrogens is 1. The third-order valence-corrected chi connectivity index (χ3v) is 4.51. The van der Waals surface area contributed by atoms with Gasteiger partial charge in [-0.2, -0.15) is 5.10 Å². The molecule has 3 rings (SSSR count). The van der Waals surface area contributed by atoms with Gasteiger partial charge in [0, 0.05) is 25.7 Å². The van der Waals surface area contributed by atoms with Crippen LogP contribution in [0.4, 0.5) is 0 Å². The summed E-state index contributed by atoms with van der Waals surface area (Å²) in [6.45, 7) is 2.08. The van der Waals surface area contributed by atoms with E-state index in [0.717, 1.165) is 37.8 Å². The monoisotopic (exact) mass is 327 g/mol. The highest BCUT2D eigenvalue weighted by Crippen LogP contribution is 2.14. The Morgan fingerprint density at radius 1 is 1.25 bits per heavy atom. The van der Waals surface area contributed by atoms with Gasteiger partial charge in [0.15, 0.2) is 0 Å². The highest BCUT2D eigenvalue weighted by Gasteiger charge is 2.23.